The molecule has 0 fully saturated rings. The topological polar surface area (TPSA) is 79.0 Å². The van der Waals surface area contributed by atoms with Crippen LogP contribution in [-0.4, -0.2) is 61.5 Å². The van der Waals surface area contributed by atoms with Gasteiger partial charge >= 0.3 is 5.97 Å². The Morgan fingerprint density at radius 2 is 1.88 bits per heavy atom. The molecule has 0 atom stereocenters. The number of rotatable bonds is 7. The van der Waals surface area contributed by atoms with Crippen molar-refractivity contribution in [1.29, 1.82) is 0 Å². The summed E-state index contributed by atoms with van der Waals surface area (Å²) in [6, 6.07) is 7.71. The lowest BCUT2D eigenvalue weighted by Crippen LogP contribution is -3.00. The van der Waals surface area contributed by atoms with E-state index in [1.807, 2.05) is 24.3 Å². The second kappa shape index (κ2) is 9.89. The van der Waals surface area contributed by atoms with Gasteiger partial charge in [0.1, 0.15) is 6.54 Å². The minimum Gasteiger partial charge on any atom is -1.00 e. The number of nitrogens with zero attached hydrogens (tertiary/aromatic N) is 3. The predicted octanol–water partition coefficient (Wildman–Crippen LogP) is -0.123. The van der Waals surface area contributed by atoms with Gasteiger partial charge in [0.25, 0.3) is 11.8 Å². The van der Waals surface area contributed by atoms with Crippen LogP contribution in [0.1, 0.15) is 52.0 Å². The molecule has 1 N–H and O–H groups in total. The smallest absolute Gasteiger partial charge is 0.325 e. The van der Waals surface area contributed by atoms with Crippen LogP contribution in [0.25, 0.3) is 10.8 Å². The summed E-state index contributed by atoms with van der Waals surface area (Å²) >= 11 is 3.62. The van der Waals surface area contributed by atoms with Crippen molar-refractivity contribution in [2.45, 2.75) is 32.2 Å². The number of anilines is 1. The number of thiol groups is 1. The van der Waals surface area contributed by atoms with Gasteiger partial charge in [-0.05, 0) is 25.0 Å². The first-order valence-electron chi connectivity index (χ1n) is 10.8. The lowest BCUT2D eigenvalue weighted by molar-refractivity contribution is -0.904. The number of unbranched alkanes of at least 4 members (excludes halogenated alkanes) is 2. The molecule has 2 heterocycles. The molecule has 0 aromatic heterocycles. The van der Waals surface area contributed by atoms with Gasteiger partial charge in [0.2, 0.25) is 0 Å². The van der Waals surface area contributed by atoms with E-state index in [-0.39, 0.29) is 36.6 Å². The lowest BCUT2D eigenvalue weighted by Gasteiger charge is -2.41. The van der Waals surface area contributed by atoms with Gasteiger partial charge in [-0.25, -0.2) is 0 Å². The molecule has 2 aromatic carbocycles. The second-order valence-corrected chi connectivity index (χ2v) is 9.41. The number of carbonyl (C=O) groups is 3. The second-order valence-electron chi connectivity index (χ2n) is 9.23. The maximum absolute atomic E-state index is 13.4. The number of carbonyl (C=O) groups excluding carboxylic acids is 3. The number of nitrogens with one attached hydrogen (secondary N) is 1. The van der Waals surface area contributed by atoms with Crippen LogP contribution >= 0.6 is 12.8 Å². The minimum absolute atomic E-state index is 0. The molecule has 0 radical (unpaired) electrons. The SMILES string of the molecule is CN1C[N+](C)(C)Cc2cc3c4c(cccc4c21)C(=O)N(CCCCCC(=O)ONS)C3=O.[Cl-]. The summed E-state index contributed by atoms with van der Waals surface area (Å²) in [6.45, 7) is 2.01. The lowest BCUT2D eigenvalue weighted by atomic mass is 9.89. The number of hydrogen-bond acceptors (Lipinski definition) is 7. The molecular weight excluding hydrogens is 464 g/mol. The van der Waals surface area contributed by atoms with Crippen molar-refractivity contribution in [3.8, 4) is 0 Å². The summed E-state index contributed by atoms with van der Waals surface area (Å²) in [4.78, 5) is 48.2. The van der Waals surface area contributed by atoms with Gasteiger partial charge in [-0.3, -0.25) is 19.3 Å². The first-order chi connectivity index (χ1) is 15.2. The number of hydrogen-bond donors (Lipinski definition) is 2. The molecule has 0 spiro atoms. The van der Waals surface area contributed by atoms with Crippen molar-refractivity contribution >= 4 is 47.1 Å². The predicted molar refractivity (Wildman–Crippen MR) is 125 cm³/mol. The van der Waals surface area contributed by atoms with E-state index in [9.17, 15) is 14.4 Å². The molecule has 0 saturated carbocycles. The van der Waals surface area contributed by atoms with Gasteiger partial charge in [0.05, 0.1) is 19.8 Å². The summed E-state index contributed by atoms with van der Waals surface area (Å²) in [5.41, 5.74) is 3.42. The fourth-order valence-corrected chi connectivity index (χ4v) is 5.11. The Bertz CT molecular complexity index is 1110. The first kappa shape index (κ1) is 25.3. The van der Waals surface area contributed by atoms with Crippen molar-refractivity contribution < 1.29 is 36.1 Å². The Hall–Kier alpha value is -2.33. The highest BCUT2D eigenvalue weighted by atomic mass is 35.5. The van der Waals surface area contributed by atoms with Gasteiger partial charge in [0, 0.05) is 47.5 Å². The van der Waals surface area contributed by atoms with Crippen molar-refractivity contribution in [1.82, 2.24) is 9.79 Å². The van der Waals surface area contributed by atoms with E-state index in [2.05, 4.69) is 48.6 Å². The molecule has 178 valence electrons. The van der Waals surface area contributed by atoms with Gasteiger partial charge in [-0.2, -0.15) is 0 Å². The van der Waals surface area contributed by atoms with E-state index in [0.717, 1.165) is 39.7 Å². The molecule has 0 saturated heterocycles. The molecule has 0 unspecified atom stereocenters. The summed E-state index contributed by atoms with van der Waals surface area (Å²) in [5, 5.41) is 1.73. The molecule has 0 aliphatic carbocycles. The zero-order chi connectivity index (χ0) is 23.0. The zero-order valence-electron chi connectivity index (χ0n) is 19.1. The maximum Gasteiger partial charge on any atom is 0.325 e. The Balaban J connectivity index is 0.00000306. The van der Waals surface area contributed by atoms with Crippen LogP contribution in [0.2, 0.25) is 0 Å². The van der Waals surface area contributed by atoms with Crippen molar-refractivity contribution in [3.05, 3.63) is 41.0 Å². The number of amides is 2. The van der Waals surface area contributed by atoms with Crippen LogP contribution in [-0.2, 0) is 16.2 Å². The summed E-state index contributed by atoms with van der Waals surface area (Å²) in [6.07, 6.45) is 2.20. The van der Waals surface area contributed by atoms with Gasteiger partial charge in [0.15, 0.2) is 6.67 Å². The Morgan fingerprint density at radius 1 is 1.15 bits per heavy atom. The van der Waals surface area contributed by atoms with Gasteiger partial charge < -0.3 is 26.6 Å². The van der Waals surface area contributed by atoms with Crippen LogP contribution in [0.5, 0.6) is 0 Å². The van der Waals surface area contributed by atoms with Crippen molar-refractivity contribution in [2.24, 2.45) is 0 Å². The Kier molecular flexibility index (Phi) is 7.58. The van der Waals surface area contributed by atoms with Crippen molar-refractivity contribution in [3.63, 3.8) is 0 Å². The summed E-state index contributed by atoms with van der Waals surface area (Å²) in [5.74, 6) is -0.873. The number of halogens is 1. The minimum atomic E-state index is -0.387. The third kappa shape index (κ3) is 4.82. The highest BCUT2D eigenvalue weighted by molar-refractivity contribution is 7.77. The number of fused-ring (bicyclic) bond motifs is 2. The average Bonchev–Trinajstić information content (AvgIpc) is 2.72. The number of imide groups is 1. The first-order valence-corrected chi connectivity index (χ1v) is 11.2. The third-order valence-corrected chi connectivity index (χ3v) is 6.25. The molecule has 10 heteroatoms. The van der Waals surface area contributed by atoms with Crippen LogP contribution in [0.4, 0.5) is 5.69 Å². The summed E-state index contributed by atoms with van der Waals surface area (Å²) < 4.78 is 0.802. The monoisotopic (exact) mass is 492 g/mol. The molecule has 2 aromatic rings. The van der Waals surface area contributed by atoms with Gasteiger partial charge in [-0.1, -0.05) is 36.3 Å². The quantitative estimate of drug-likeness (QED) is 0.184. The van der Waals surface area contributed by atoms with E-state index in [1.54, 1.807) is 0 Å². The van der Waals surface area contributed by atoms with E-state index in [1.165, 1.54) is 4.90 Å². The molecule has 2 amide bonds. The van der Waals surface area contributed by atoms with E-state index in [4.69, 9.17) is 0 Å². The van der Waals surface area contributed by atoms with Crippen molar-refractivity contribution in [2.75, 3.05) is 39.3 Å². The van der Waals surface area contributed by atoms with Crippen LogP contribution < -0.4 is 22.2 Å². The summed E-state index contributed by atoms with van der Waals surface area (Å²) in [7, 11) is 6.41. The largest absolute Gasteiger partial charge is 1.00 e. The molecule has 2 aliphatic rings. The molecule has 0 bridgehead atoms. The molecule has 8 nitrogen and oxygen atoms in total. The van der Waals surface area contributed by atoms with E-state index >= 15 is 0 Å². The van der Waals surface area contributed by atoms with Crippen LogP contribution in [0, 0.1) is 0 Å². The molecule has 33 heavy (non-hydrogen) atoms. The molecule has 2 aliphatic heterocycles. The molecular formula is C23H29ClN4O4S. The average molecular weight is 493 g/mol. The number of benzene rings is 2. The van der Waals surface area contributed by atoms with Crippen LogP contribution in [0.3, 0.4) is 0 Å². The standard InChI is InChI=1S/C23H29N4O4S.ClH/c1-25-14-27(2,3)13-15-12-18-20-16(21(15)25)8-7-9-17(20)22(29)26(23(18)30)11-6-4-5-10-19(28)31-24-32;/h7-9,12,24,32H,4-6,10-11,13-14H2,1-3H3;1H/q+1;/p-1. The highest BCUT2D eigenvalue weighted by Gasteiger charge is 2.37. The fraction of sp³-hybridized carbons (Fsp3) is 0.435. The van der Waals surface area contributed by atoms with E-state index in [0.29, 0.717) is 36.9 Å². The zero-order valence-corrected chi connectivity index (χ0v) is 20.7. The van der Waals surface area contributed by atoms with E-state index < -0.39 is 0 Å². The maximum atomic E-state index is 13.4. The highest BCUT2D eigenvalue weighted by Crippen LogP contribution is 2.41. The normalized spacial score (nSPS) is 16.5. The fourth-order valence-electron chi connectivity index (χ4n) is 5.01. The third-order valence-electron chi connectivity index (χ3n) is 6.16. The van der Waals surface area contributed by atoms with Gasteiger partial charge in [-0.15, -0.1) is 0 Å². The number of quaternary nitrogens is 1. The van der Waals surface area contributed by atoms with Crippen LogP contribution in [0.15, 0.2) is 24.3 Å². The Labute approximate surface area is 205 Å². The molecule has 4 rings (SSSR count). The Morgan fingerprint density at radius 3 is 2.61 bits per heavy atom.